The molecule has 1 aromatic rings. The first-order chi connectivity index (χ1) is 13.8. The molecule has 156 valence electrons. The number of halogens is 1. The molecule has 5 rings (SSSR count). The van der Waals surface area contributed by atoms with Crippen molar-refractivity contribution in [3.63, 3.8) is 0 Å². The van der Waals surface area contributed by atoms with Gasteiger partial charge in [-0.15, -0.1) is 0 Å². The molecule has 0 aromatic carbocycles. The van der Waals surface area contributed by atoms with Crippen LogP contribution in [0.2, 0.25) is 5.15 Å². The van der Waals surface area contributed by atoms with Crippen molar-refractivity contribution in [1.29, 1.82) is 0 Å². The maximum atomic E-state index is 12.8. The highest BCUT2D eigenvalue weighted by atomic mass is 35.5. The Morgan fingerprint density at radius 3 is 2.83 bits per heavy atom. The molecule has 4 aliphatic rings. The average Bonchev–Trinajstić information content (AvgIpc) is 3.06. The molecule has 3 saturated carbocycles. The number of carbonyl (C=O) groups excluding carboxylic acids is 1. The zero-order valence-corrected chi connectivity index (χ0v) is 18.2. The number of amides is 1. The third-order valence-electron chi connectivity index (χ3n) is 8.70. The average molecular weight is 416 g/mol. The number of aromatic nitrogens is 2. The van der Waals surface area contributed by atoms with Gasteiger partial charge in [-0.3, -0.25) is 9.78 Å². The lowest BCUT2D eigenvalue weighted by Gasteiger charge is -2.60. The second kappa shape index (κ2) is 6.69. The van der Waals surface area contributed by atoms with Crippen LogP contribution in [-0.4, -0.2) is 21.9 Å². The summed E-state index contributed by atoms with van der Waals surface area (Å²) in [6.07, 6.45) is 12.7. The predicted octanol–water partition coefficient (Wildman–Crippen LogP) is 4.77. The normalized spacial score (nSPS) is 43.5. The standard InChI is InChI=1S/C23H30ClN3O2/c1-13-9-17-23(3,15-6-8-22(2)7-4-5-14(22)20(13)15)10-16(21(28)26-17)29-19-12-25-11-18(24)27-19/h10-15,17,20H,4-9H2,1-3H3,(H,26,28)/t13-,14-,15-,17+,20-,22-,23+/m0/s1. The first-order valence-electron chi connectivity index (χ1n) is 11.0. The van der Waals surface area contributed by atoms with Gasteiger partial charge in [0.05, 0.1) is 12.4 Å². The van der Waals surface area contributed by atoms with Crippen LogP contribution in [0, 0.1) is 34.5 Å². The molecule has 0 spiro atoms. The van der Waals surface area contributed by atoms with Crippen molar-refractivity contribution in [2.75, 3.05) is 0 Å². The Morgan fingerprint density at radius 2 is 2.03 bits per heavy atom. The minimum Gasteiger partial charge on any atom is -0.432 e. The quantitative estimate of drug-likeness (QED) is 0.755. The summed E-state index contributed by atoms with van der Waals surface area (Å²) in [5.74, 6) is 3.15. The largest absolute Gasteiger partial charge is 0.432 e. The van der Waals surface area contributed by atoms with Crippen LogP contribution in [0.4, 0.5) is 0 Å². The Balaban J connectivity index is 1.50. The molecule has 0 saturated heterocycles. The molecule has 1 N–H and O–H groups in total. The second-order valence-electron chi connectivity index (χ2n) is 10.3. The number of hydrogen-bond donors (Lipinski definition) is 1. The van der Waals surface area contributed by atoms with Gasteiger partial charge in [0.15, 0.2) is 10.9 Å². The molecule has 7 atom stereocenters. The second-order valence-corrected chi connectivity index (χ2v) is 10.7. The van der Waals surface area contributed by atoms with Crippen molar-refractivity contribution < 1.29 is 9.53 Å². The van der Waals surface area contributed by atoms with Crippen molar-refractivity contribution in [3.8, 4) is 5.88 Å². The number of fused-ring (bicyclic) bond motifs is 5. The van der Waals surface area contributed by atoms with E-state index in [1.165, 1.54) is 44.5 Å². The van der Waals surface area contributed by atoms with Gasteiger partial charge in [-0.1, -0.05) is 38.8 Å². The van der Waals surface area contributed by atoms with Crippen LogP contribution in [-0.2, 0) is 4.79 Å². The third kappa shape index (κ3) is 2.99. The molecule has 1 amide bonds. The fourth-order valence-corrected chi connectivity index (χ4v) is 7.45. The summed E-state index contributed by atoms with van der Waals surface area (Å²) < 4.78 is 5.87. The Hall–Kier alpha value is -1.62. The summed E-state index contributed by atoms with van der Waals surface area (Å²) in [4.78, 5) is 20.9. The number of rotatable bonds is 2. The van der Waals surface area contributed by atoms with E-state index in [0.29, 0.717) is 23.0 Å². The Kier molecular flexibility index (Phi) is 4.47. The maximum Gasteiger partial charge on any atom is 0.287 e. The Bertz CT molecular complexity index is 873. The van der Waals surface area contributed by atoms with Gasteiger partial charge in [-0.05, 0) is 67.3 Å². The SMILES string of the molecule is C[C@H]1C[C@H]2NC(=O)C(Oc3cncc(Cl)n3)=C[C@]2(C)[C@H]2CC[C@]3(C)CCC[C@H]3[C@H]12. The number of carbonyl (C=O) groups is 1. The minimum absolute atomic E-state index is 0.101. The van der Waals surface area contributed by atoms with Crippen molar-refractivity contribution >= 4 is 17.5 Å². The van der Waals surface area contributed by atoms with E-state index < -0.39 is 0 Å². The fraction of sp³-hybridized carbons (Fsp3) is 0.696. The van der Waals surface area contributed by atoms with Gasteiger partial charge in [0.1, 0.15) is 0 Å². The van der Waals surface area contributed by atoms with Crippen LogP contribution < -0.4 is 10.1 Å². The molecule has 0 unspecified atom stereocenters. The van der Waals surface area contributed by atoms with Crippen molar-refractivity contribution in [1.82, 2.24) is 15.3 Å². The highest BCUT2D eigenvalue weighted by Crippen LogP contribution is 2.64. The van der Waals surface area contributed by atoms with Crippen LogP contribution in [0.1, 0.15) is 59.3 Å². The molecule has 1 aromatic heterocycles. The van der Waals surface area contributed by atoms with E-state index in [1.807, 2.05) is 0 Å². The van der Waals surface area contributed by atoms with Crippen LogP contribution in [0.15, 0.2) is 24.2 Å². The Labute approximate surface area is 177 Å². The number of nitrogens with zero attached hydrogens (tertiary/aromatic N) is 2. The van der Waals surface area contributed by atoms with Crippen LogP contribution in [0.25, 0.3) is 0 Å². The van der Waals surface area contributed by atoms with Gasteiger partial charge in [-0.25, -0.2) is 0 Å². The summed E-state index contributed by atoms with van der Waals surface area (Å²) in [5, 5.41) is 3.52. The van der Waals surface area contributed by atoms with Crippen LogP contribution >= 0.6 is 11.6 Å². The monoisotopic (exact) mass is 415 g/mol. The van der Waals surface area contributed by atoms with E-state index in [2.05, 4.69) is 42.1 Å². The highest BCUT2D eigenvalue weighted by Gasteiger charge is 2.60. The van der Waals surface area contributed by atoms with Gasteiger partial charge in [-0.2, -0.15) is 4.98 Å². The topological polar surface area (TPSA) is 64.1 Å². The number of ether oxygens (including phenoxy) is 1. The van der Waals surface area contributed by atoms with E-state index in [0.717, 1.165) is 18.3 Å². The molecule has 5 nitrogen and oxygen atoms in total. The summed E-state index contributed by atoms with van der Waals surface area (Å²) in [6, 6.07) is 0.162. The van der Waals surface area contributed by atoms with E-state index in [-0.39, 0.29) is 28.4 Å². The summed E-state index contributed by atoms with van der Waals surface area (Å²) in [6.45, 7) is 7.25. The van der Waals surface area contributed by atoms with Gasteiger partial charge in [0.25, 0.3) is 5.91 Å². The van der Waals surface area contributed by atoms with Crippen molar-refractivity contribution in [3.05, 3.63) is 29.4 Å². The molecule has 3 fully saturated rings. The van der Waals surface area contributed by atoms with Gasteiger partial charge in [0, 0.05) is 11.5 Å². The fourth-order valence-electron chi connectivity index (χ4n) is 7.31. The molecule has 2 heterocycles. The molecule has 6 heteroatoms. The highest BCUT2D eigenvalue weighted by molar-refractivity contribution is 6.29. The molecule has 0 radical (unpaired) electrons. The summed E-state index contributed by atoms with van der Waals surface area (Å²) in [5.41, 5.74) is 0.409. The molecule has 29 heavy (non-hydrogen) atoms. The lowest BCUT2D eigenvalue weighted by molar-refractivity contribution is -0.128. The van der Waals surface area contributed by atoms with E-state index in [4.69, 9.17) is 16.3 Å². The molecular weight excluding hydrogens is 386 g/mol. The first-order valence-corrected chi connectivity index (χ1v) is 11.4. The number of nitrogens with one attached hydrogen (secondary N) is 1. The van der Waals surface area contributed by atoms with E-state index in [9.17, 15) is 4.79 Å². The first kappa shape index (κ1) is 19.3. The molecular formula is C23H30ClN3O2. The lowest BCUT2D eigenvalue weighted by Crippen LogP contribution is -2.62. The van der Waals surface area contributed by atoms with Gasteiger partial charge in [0.2, 0.25) is 5.88 Å². The third-order valence-corrected chi connectivity index (χ3v) is 8.88. The van der Waals surface area contributed by atoms with E-state index >= 15 is 0 Å². The van der Waals surface area contributed by atoms with Crippen LogP contribution in [0.5, 0.6) is 5.88 Å². The lowest BCUT2D eigenvalue weighted by atomic mass is 9.46. The molecule has 1 aliphatic heterocycles. The van der Waals surface area contributed by atoms with Crippen molar-refractivity contribution in [2.45, 2.75) is 65.3 Å². The summed E-state index contributed by atoms with van der Waals surface area (Å²) >= 11 is 5.94. The smallest absolute Gasteiger partial charge is 0.287 e. The van der Waals surface area contributed by atoms with Crippen LogP contribution in [0.3, 0.4) is 0 Å². The maximum absolute atomic E-state index is 12.8. The zero-order valence-electron chi connectivity index (χ0n) is 17.5. The number of hydrogen-bond acceptors (Lipinski definition) is 4. The van der Waals surface area contributed by atoms with Gasteiger partial charge >= 0.3 is 0 Å². The predicted molar refractivity (Wildman–Crippen MR) is 111 cm³/mol. The Morgan fingerprint density at radius 1 is 1.21 bits per heavy atom. The molecule has 0 bridgehead atoms. The van der Waals surface area contributed by atoms with Gasteiger partial charge < -0.3 is 10.1 Å². The summed E-state index contributed by atoms with van der Waals surface area (Å²) in [7, 11) is 0. The minimum atomic E-state index is -0.165. The molecule has 3 aliphatic carbocycles. The zero-order chi connectivity index (χ0) is 20.4. The van der Waals surface area contributed by atoms with Crippen molar-refractivity contribution in [2.24, 2.45) is 34.5 Å². The van der Waals surface area contributed by atoms with E-state index in [1.54, 1.807) is 0 Å².